The molecule has 3 aromatic rings. The molecule has 3 heterocycles. The number of aromatic nitrogens is 4. The van der Waals surface area contributed by atoms with Gasteiger partial charge in [0, 0.05) is 31.4 Å². The van der Waals surface area contributed by atoms with Crippen LogP contribution in [0, 0.1) is 0 Å². The molecule has 6 nitrogen and oxygen atoms in total. The maximum Gasteiger partial charge on any atom is 0.257 e. The van der Waals surface area contributed by atoms with E-state index in [0.717, 1.165) is 11.4 Å². The zero-order valence-corrected chi connectivity index (χ0v) is 13.7. The van der Waals surface area contributed by atoms with Crippen molar-refractivity contribution < 1.29 is 4.42 Å². The van der Waals surface area contributed by atoms with Gasteiger partial charge in [-0.2, -0.15) is 5.10 Å². The Morgan fingerprint density at radius 3 is 2.82 bits per heavy atom. The molecule has 0 spiro atoms. The lowest BCUT2D eigenvalue weighted by molar-refractivity contribution is 0.184. The van der Waals surface area contributed by atoms with Gasteiger partial charge in [-0.1, -0.05) is 6.07 Å². The highest BCUT2D eigenvalue weighted by molar-refractivity contribution is 7.13. The van der Waals surface area contributed by atoms with Gasteiger partial charge in [-0.3, -0.25) is 9.58 Å². The summed E-state index contributed by atoms with van der Waals surface area (Å²) in [5.74, 6) is 1.23. The third-order valence-electron chi connectivity index (χ3n) is 3.41. The standard InChI is InChI=1S/C15H19N5OS/c1-11(2)20(9-12-7-16-19(3)8-12)10-14-17-18-15(21-14)13-5-4-6-22-13/h4-8,11H,9-10H2,1-3H3. The molecule has 22 heavy (non-hydrogen) atoms. The molecule has 0 atom stereocenters. The SMILES string of the molecule is CC(C)N(Cc1cnn(C)c1)Cc1nnc(-c2cccs2)o1. The van der Waals surface area contributed by atoms with Crippen LogP contribution < -0.4 is 0 Å². The Morgan fingerprint density at radius 2 is 2.18 bits per heavy atom. The number of rotatable bonds is 6. The Labute approximate surface area is 133 Å². The molecule has 0 unspecified atom stereocenters. The number of hydrogen-bond acceptors (Lipinski definition) is 6. The summed E-state index contributed by atoms with van der Waals surface area (Å²) in [5, 5.41) is 14.5. The normalized spacial score (nSPS) is 11.7. The lowest BCUT2D eigenvalue weighted by atomic mass is 10.2. The lowest BCUT2D eigenvalue weighted by Gasteiger charge is -2.24. The summed E-state index contributed by atoms with van der Waals surface area (Å²) in [6, 6.07) is 4.34. The maximum absolute atomic E-state index is 5.78. The molecule has 0 saturated carbocycles. The molecule has 0 aliphatic carbocycles. The van der Waals surface area contributed by atoms with Gasteiger partial charge in [0.15, 0.2) is 0 Å². The molecule has 0 aliphatic heterocycles. The van der Waals surface area contributed by atoms with Crippen LogP contribution in [0.5, 0.6) is 0 Å². The second kappa shape index (κ2) is 6.41. The fourth-order valence-electron chi connectivity index (χ4n) is 2.20. The Bertz CT molecular complexity index is 716. The van der Waals surface area contributed by atoms with Crippen LogP contribution in [0.2, 0.25) is 0 Å². The fraction of sp³-hybridized carbons (Fsp3) is 0.400. The topological polar surface area (TPSA) is 60.0 Å². The smallest absolute Gasteiger partial charge is 0.257 e. The predicted molar refractivity (Wildman–Crippen MR) is 85.2 cm³/mol. The van der Waals surface area contributed by atoms with E-state index in [1.807, 2.05) is 41.6 Å². The predicted octanol–water partition coefficient (Wildman–Crippen LogP) is 2.94. The second-order valence-electron chi connectivity index (χ2n) is 5.50. The van der Waals surface area contributed by atoms with Crippen molar-refractivity contribution in [2.75, 3.05) is 0 Å². The summed E-state index contributed by atoms with van der Waals surface area (Å²) in [5.41, 5.74) is 1.18. The van der Waals surface area contributed by atoms with Crippen molar-refractivity contribution in [3.8, 4) is 10.8 Å². The van der Waals surface area contributed by atoms with Gasteiger partial charge in [0.25, 0.3) is 5.89 Å². The highest BCUT2D eigenvalue weighted by atomic mass is 32.1. The lowest BCUT2D eigenvalue weighted by Crippen LogP contribution is -2.29. The number of nitrogens with zero attached hydrogens (tertiary/aromatic N) is 5. The molecule has 3 aromatic heterocycles. The van der Waals surface area contributed by atoms with Crippen LogP contribution in [0.4, 0.5) is 0 Å². The van der Waals surface area contributed by atoms with E-state index < -0.39 is 0 Å². The van der Waals surface area contributed by atoms with Crippen LogP contribution in [-0.4, -0.2) is 30.9 Å². The number of aryl methyl sites for hydroxylation is 1. The van der Waals surface area contributed by atoms with Gasteiger partial charge in [0.05, 0.1) is 17.6 Å². The van der Waals surface area contributed by atoms with Crippen molar-refractivity contribution in [2.45, 2.75) is 33.0 Å². The first-order valence-electron chi connectivity index (χ1n) is 7.19. The Morgan fingerprint density at radius 1 is 1.32 bits per heavy atom. The summed E-state index contributed by atoms with van der Waals surface area (Å²) in [7, 11) is 1.93. The quantitative estimate of drug-likeness (QED) is 0.699. The molecule has 0 aliphatic rings. The van der Waals surface area contributed by atoms with Gasteiger partial charge in [-0.05, 0) is 25.3 Å². The molecular formula is C15H19N5OS. The van der Waals surface area contributed by atoms with E-state index in [0.29, 0.717) is 24.4 Å². The minimum Gasteiger partial charge on any atom is -0.419 e. The van der Waals surface area contributed by atoms with Gasteiger partial charge in [0.1, 0.15) is 0 Å². The Balaban J connectivity index is 1.71. The van der Waals surface area contributed by atoms with E-state index >= 15 is 0 Å². The molecule has 7 heteroatoms. The van der Waals surface area contributed by atoms with E-state index in [1.54, 1.807) is 11.3 Å². The van der Waals surface area contributed by atoms with Crippen LogP contribution >= 0.6 is 11.3 Å². The molecule has 0 bridgehead atoms. The minimum absolute atomic E-state index is 0.372. The van der Waals surface area contributed by atoms with E-state index in [4.69, 9.17) is 4.42 Å². The van der Waals surface area contributed by atoms with Crippen molar-refractivity contribution in [3.63, 3.8) is 0 Å². The monoisotopic (exact) mass is 317 g/mol. The Kier molecular flexibility index (Phi) is 4.35. The van der Waals surface area contributed by atoms with Crippen LogP contribution in [0.3, 0.4) is 0 Å². The van der Waals surface area contributed by atoms with E-state index in [-0.39, 0.29) is 0 Å². The molecule has 0 amide bonds. The van der Waals surface area contributed by atoms with Gasteiger partial charge in [0.2, 0.25) is 5.89 Å². The van der Waals surface area contributed by atoms with Crippen molar-refractivity contribution in [3.05, 3.63) is 41.4 Å². The largest absolute Gasteiger partial charge is 0.419 e. The molecule has 0 radical (unpaired) electrons. The molecule has 0 saturated heterocycles. The van der Waals surface area contributed by atoms with Crippen molar-refractivity contribution in [1.82, 2.24) is 24.9 Å². The summed E-state index contributed by atoms with van der Waals surface area (Å²) in [6.45, 7) is 5.76. The average molecular weight is 317 g/mol. The zero-order chi connectivity index (χ0) is 15.5. The highest BCUT2D eigenvalue weighted by Crippen LogP contribution is 2.23. The third-order valence-corrected chi connectivity index (χ3v) is 4.27. The molecule has 0 fully saturated rings. The van der Waals surface area contributed by atoms with Gasteiger partial charge in [-0.25, -0.2) is 0 Å². The van der Waals surface area contributed by atoms with Crippen LogP contribution in [0.1, 0.15) is 25.3 Å². The van der Waals surface area contributed by atoms with Crippen molar-refractivity contribution in [1.29, 1.82) is 0 Å². The Hall–Kier alpha value is -1.99. The molecule has 0 N–H and O–H groups in total. The number of hydrogen-bond donors (Lipinski definition) is 0. The first-order valence-corrected chi connectivity index (χ1v) is 8.07. The van der Waals surface area contributed by atoms with E-state index in [1.165, 1.54) is 5.56 Å². The van der Waals surface area contributed by atoms with Crippen LogP contribution in [-0.2, 0) is 20.1 Å². The first-order chi connectivity index (χ1) is 10.6. The maximum atomic E-state index is 5.78. The summed E-state index contributed by atoms with van der Waals surface area (Å²) >= 11 is 1.60. The molecular weight excluding hydrogens is 298 g/mol. The summed E-state index contributed by atoms with van der Waals surface area (Å²) < 4.78 is 7.59. The first kappa shape index (κ1) is 14.9. The number of thiophene rings is 1. The molecule has 116 valence electrons. The summed E-state index contributed by atoms with van der Waals surface area (Å²) in [4.78, 5) is 3.28. The minimum atomic E-state index is 0.372. The summed E-state index contributed by atoms with van der Waals surface area (Å²) in [6.07, 6.45) is 3.92. The van der Waals surface area contributed by atoms with Crippen LogP contribution in [0.15, 0.2) is 34.3 Å². The highest BCUT2D eigenvalue weighted by Gasteiger charge is 2.16. The van der Waals surface area contributed by atoms with Gasteiger partial charge < -0.3 is 4.42 Å². The van der Waals surface area contributed by atoms with E-state index in [9.17, 15) is 0 Å². The van der Waals surface area contributed by atoms with Crippen molar-refractivity contribution in [2.24, 2.45) is 7.05 Å². The fourth-order valence-corrected chi connectivity index (χ4v) is 2.84. The molecule has 3 rings (SSSR count). The van der Waals surface area contributed by atoms with Gasteiger partial charge >= 0.3 is 0 Å². The molecule has 0 aromatic carbocycles. The zero-order valence-electron chi connectivity index (χ0n) is 12.9. The van der Waals surface area contributed by atoms with Crippen LogP contribution in [0.25, 0.3) is 10.8 Å². The van der Waals surface area contributed by atoms with Crippen molar-refractivity contribution >= 4 is 11.3 Å². The average Bonchev–Trinajstić information content (AvgIpc) is 3.19. The van der Waals surface area contributed by atoms with E-state index in [2.05, 4.69) is 34.0 Å². The van der Waals surface area contributed by atoms with Gasteiger partial charge in [-0.15, -0.1) is 21.5 Å². The third kappa shape index (κ3) is 3.42. The second-order valence-corrected chi connectivity index (χ2v) is 6.45.